The Morgan fingerprint density at radius 1 is 1.11 bits per heavy atom. The molecule has 2 N–H and O–H groups in total. The summed E-state index contributed by atoms with van der Waals surface area (Å²) in [5.74, 6) is 0.255. The molecular formula is C13H10Br2FNO. The third-order valence-electron chi connectivity index (χ3n) is 2.40. The van der Waals surface area contributed by atoms with Gasteiger partial charge in [-0.1, -0.05) is 18.2 Å². The summed E-state index contributed by atoms with van der Waals surface area (Å²) >= 11 is 6.56. The third-order valence-corrected chi connectivity index (χ3v) is 3.91. The van der Waals surface area contributed by atoms with Crippen LogP contribution in [0.5, 0.6) is 5.75 Å². The van der Waals surface area contributed by atoms with E-state index >= 15 is 0 Å². The van der Waals surface area contributed by atoms with Crippen LogP contribution in [0.2, 0.25) is 0 Å². The van der Waals surface area contributed by atoms with Crippen LogP contribution >= 0.6 is 31.9 Å². The molecule has 2 rings (SSSR count). The SMILES string of the molecule is Nc1cccc(Br)c1OCc1cccc(F)c1Br. The van der Waals surface area contributed by atoms with Gasteiger partial charge in [0, 0.05) is 5.56 Å². The van der Waals surface area contributed by atoms with Gasteiger partial charge in [-0.2, -0.15) is 0 Å². The Bertz CT molecular complexity index is 555. The Morgan fingerprint density at radius 2 is 1.83 bits per heavy atom. The van der Waals surface area contributed by atoms with Crippen molar-refractivity contribution >= 4 is 37.5 Å². The number of halogens is 3. The van der Waals surface area contributed by atoms with Crippen LogP contribution < -0.4 is 10.5 Å². The van der Waals surface area contributed by atoms with Crippen molar-refractivity contribution < 1.29 is 9.13 Å². The van der Waals surface area contributed by atoms with Gasteiger partial charge in [-0.3, -0.25) is 0 Å². The second kappa shape index (κ2) is 5.71. The second-order valence-corrected chi connectivity index (χ2v) is 5.31. The molecule has 0 aliphatic heterocycles. The lowest BCUT2D eigenvalue weighted by atomic mass is 10.2. The van der Waals surface area contributed by atoms with Crippen LogP contribution in [0.15, 0.2) is 45.3 Å². The van der Waals surface area contributed by atoms with Gasteiger partial charge in [-0.05, 0) is 50.1 Å². The van der Waals surface area contributed by atoms with Crippen LogP contribution in [0.25, 0.3) is 0 Å². The number of hydrogen-bond donors (Lipinski definition) is 1. The van der Waals surface area contributed by atoms with E-state index in [1.807, 2.05) is 12.1 Å². The maximum atomic E-state index is 13.3. The molecule has 0 bridgehead atoms. The summed E-state index contributed by atoms with van der Waals surface area (Å²) in [7, 11) is 0. The fourth-order valence-electron chi connectivity index (χ4n) is 1.49. The molecule has 2 aromatic rings. The van der Waals surface area contributed by atoms with Gasteiger partial charge in [-0.25, -0.2) is 4.39 Å². The highest BCUT2D eigenvalue weighted by molar-refractivity contribution is 9.10. The van der Waals surface area contributed by atoms with Crippen molar-refractivity contribution in [3.8, 4) is 5.75 Å². The fraction of sp³-hybridized carbons (Fsp3) is 0.0769. The molecule has 94 valence electrons. The van der Waals surface area contributed by atoms with Gasteiger partial charge in [0.15, 0.2) is 5.75 Å². The van der Waals surface area contributed by atoms with E-state index in [0.29, 0.717) is 15.9 Å². The standard InChI is InChI=1S/C13H10Br2FNO/c14-9-4-2-6-11(17)13(9)18-7-8-3-1-5-10(16)12(8)15/h1-6H,7,17H2. The molecule has 0 atom stereocenters. The summed E-state index contributed by atoms with van der Waals surface area (Å²) in [5, 5.41) is 0. The predicted octanol–water partition coefficient (Wildman–Crippen LogP) is 4.51. The van der Waals surface area contributed by atoms with Crippen LogP contribution in [0.4, 0.5) is 10.1 Å². The van der Waals surface area contributed by atoms with Crippen LogP contribution in [0.3, 0.4) is 0 Å². The number of benzene rings is 2. The number of hydrogen-bond acceptors (Lipinski definition) is 2. The molecule has 18 heavy (non-hydrogen) atoms. The van der Waals surface area contributed by atoms with Gasteiger partial charge in [0.25, 0.3) is 0 Å². The smallest absolute Gasteiger partial charge is 0.156 e. The lowest BCUT2D eigenvalue weighted by molar-refractivity contribution is 0.304. The predicted molar refractivity (Wildman–Crippen MR) is 77.0 cm³/mol. The van der Waals surface area contributed by atoms with Gasteiger partial charge < -0.3 is 10.5 Å². The van der Waals surface area contributed by atoms with E-state index in [4.69, 9.17) is 10.5 Å². The van der Waals surface area contributed by atoms with E-state index in [1.54, 1.807) is 18.2 Å². The van der Waals surface area contributed by atoms with Crippen LogP contribution in [0, 0.1) is 5.82 Å². The number of para-hydroxylation sites is 1. The minimum absolute atomic E-state index is 0.241. The first-order valence-electron chi connectivity index (χ1n) is 5.19. The number of anilines is 1. The average Bonchev–Trinajstić information content (AvgIpc) is 2.33. The molecule has 0 spiro atoms. The van der Waals surface area contributed by atoms with Crippen LogP contribution in [-0.4, -0.2) is 0 Å². The number of rotatable bonds is 3. The quantitative estimate of drug-likeness (QED) is 0.802. The fourth-order valence-corrected chi connectivity index (χ4v) is 2.36. The van der Waals surface area contributed by atoms with Crippen molar-refractivity contribution in [2.75, 3.05) is 5.73 Å². The first-order valence-corrected chi connectivity index (χ1v) is 6.78. The molecule has 5 heteroatoms. The zero-order valence-electron chi connectivity index (χ0n) is 9.29. The highest BCUT2D eigenvalue weighted by atomic mass is 79.9. The highest BCUT2D eigenvalue weighted by Gasteiger charge is 2.09. The maximum Gasteiger partial charge on any atom is 0.156 e. The van der Waals surface area contributed by atoms with Gasteiger partial charge in [-0.15, -0.1) is 0 Å². The summed E-state index contributed by atoms with van der Waals surface area (Å²) in [6.07, 6.45) is 0. The lowest BCUT2D eigenvalue weighted by Gasteiger charge is -2.11. The van der Waals surface area contributed by atoms with Crippen molar-refractivity contribution in [2.24, 2.45) is 0 Å². The first-order chi connectivity index (χ1) is 8.59. The number of ether oxygens (including phenoxy) is 1. The number of nitrogen functional groups attached to an aromatic ring is 1. The molecule has 2 aromatic carbocycles. The summed E-state index contributed by atoms with van der Waals surface area (Å²) in [5.41, 5.74) is 7.08. The summed E-state index contributed by atoms with van der Waals surface area (Å²) in [6, 6.07) is 10.2. The molecule has 0 aromatic heterocycles. The molecule has 0 unspecified atom stereocenters. The summed E-state index contributed by atoms with van der Waals surface area (Å²) in [4.78, 5) is 0. The van der Waals surface area contributed by atoms with E-state index in [1.165, 1.54) is 6.07 Å². The Labute approximate surface area is 121 Å². The highest BCUT2D eigenvalue weighted by Crippen LogP contribution is 2.32. The van der Waals surface area contributed by atoms with Crippen molar-refractivity contribution in [1.29, 1.82) is 0 Å². The second-order valence-electron chi connectivity index (χ2n) is 3.66. The van der Waals surface area contributed by atoms with Gasteiger partial charge >= 0.3 is 0 Å². The molecule has 0 aliphatic rings. The van der Waals surface area contributed by atoms with Crippen molar-refractivity contribution in [1.82, 2.24) is 0 Å². The van der Waals surface area contributed by atoms with Crippen LogP contribution in [0.1, 0.15) is 5.56 Å². The third kappa shape index (κ3) is 2.84. The van der Waals surface area contributed by atoms with Crippen molar-refractivity contribution in [2.45, 2.75) is 6.61 Å². The maximum absolute atomic E-state index is 13.3. The zero-order chi connectivity index (χ0) is 13.1. The average molecular weight is 375 g/mol. The lowest BCUT2D eigenvalue weighted by Crippen LogP contribution is -2.01. The van der Waals surface area contributed by atoms with Crippen molar-refractivity contribution in [3.05, 3.63) is 56.7 Å². The molecule has 0 radical (unpaired) electrons. The van der Waals surface area contributed by atoms with E-state index < -0.39 is 0 Å². The Balaban J connectivity index is 2.19. The largest absolute Gasteiger partial charge is 0.486 e. The summed E-state index contributed by atoms with van der Waals surface area (Å²) < 4.78 is 20.1. The topological polar surface area (TPSA) is 35.2 Å². The Morgan fingerprint density at radius 3 is 2.56 bits per heavy atom. The van der Waals surface area contributed by atoms with E-state index in [0.717, 1.165) is 10.0 Å². The Kier molecular flexibility index (Phi) is 4.24. The molecular weight excluding hydrogens is 365 g/mol. The monoisotopic (exact) mass is 373 g/mol. The Hall–Kier alpha value is -1.07. The minimum Gasteiger partial charge on any atom is -0.486 e. The van der Waals surface area contributed by atoms with E-state index in [-0.39, 0.29) is 12.4 Å². The molecule has 2 nitrogen and oxygen atoms in total. The van der Waals surface area contributed by atoms with E-state index in [9.17, 15) is 4.39 Å². The van der Waals surface area contributed by atoms with Crippen molar-refractivity contribution in [3.63, 3.8) is 0 Å². The molecule has 0 heterocycles. The van der Waals surface area contributed by atoms with Gasteiger partial charge in [0.1, 0.15) is 12.4 Å². The molecule has 0 fully saturated rings. The molecule has 0 aliphatic carbocycles. The number of nitrogens with two attached hydrogens (primary N) is 1. The van der Waals surface area contributed by atoms with Gasteiger partial charge in [0.05, 0.1) is 14.6 Å². The van der Waals surface area contributed by atoms with Crippen LogP contribution in [-0.2, 0) is 6.61 Å². The first kappa shape index (κ1) is 13.4. The summed E-state index contributed by atoms with van der Waals surface area (Å²) in [6.45, 7) is 0.241. The zero-order valence-corrected chi connectivity index (χ0v) is 12.5. The molecule has 0 amide bonds. The van der Waals surface area contributed by atoms with Gasteiger partial charge in [0.2, 0.25) is 0 Å². The van der Waals surface area contributed by atoms with E-state index in [2.05, 4.69) is 31.9 Å². The normalized spacial score (nSPS) is 10.4. The minimum atomic E-state index is -0.309. The molecule has 0 saturated carbocycles. The molecule has 0 saturated heterocycles.